The number of aromatic nitrogens is 2. The second-order valence-electron chi connectivity index (χ2n) is 3.09. The molecule has 0 bridgehead atoms. The van der Waals surface area contributed by atoms with Gasteiger partial charge in [-0.25, -0.2) is 4.98 Å². The van der Waals surface area contributed by atoms with Crippen molar-refractivity contribution in [1.82, 2.24) is 9.97 Å². The van der Waals surface area contributed by atoms with E-state index in [1.807, 2.05) is 6.92 Å². The second-order valence-corrected chi connectivity index (χ2v) is 3.09. The van der Waals surface area contributed by atoms with Crippen LogP contribution in [0.15, 0.2) is 0 Å². The van der Waals surface area contributed by atoms with Gasteiger partial charge in [-0.15, -0.1) is 0 Å². The van der Waals surface area contributed by atoms with E-state index >= 15 is 0 Å². The highest BCUT2D eigenvalue weighted by atomic mass is 16.4. The van der Waals surface area contributed by atoms with Crippen molar-refractivity contribution in [2.45, 2.75) is 26.2 Å². The van der Waals surface area contributed by atoms with Gasteiger partial charge in [-0.3, -0.25) is 0 Å². The molecule has 1 N–H and O–H groups in total. The van der Waals surface area contributed by atoms with Gasteiger partial charge < -0.3 is 24.8 Å². The van der Waals surface area contributed by atoms with Gasteiger partial charge in [0.1, 0.15) is 11.5 Å². The number of unbranched alkanes of at least 4 members (excludes halogenated alkanes) is 1. The van der Waals surface area contributed by atoms with E-state index in [1.54, 1.807) is 0 Å². The number of H-pyrrole nitrogens is 1. The molecule has 15 heavy (non-hydrogen) atoms. The molecule has 1 rings (SSSR count). The first-order chi connectivity index (χ1) is 7.06. The van der Waals surface area contributed by atoms with Gasteiger partial charge in [0.2, 0.25) is 0 Å². The number of rotatable bonds is 5. The minimum Gasteiger partial charge on any atom is -0.543 e. The maximum atomic E-state index is 10.5. The number of carboxylic acids is 2. The minimum absolute atomic E-state index is 0.329. The van der Waals surface area contributed by atoms with Crippen LogP contribution in [0.4, 0.5) is 0 Å². The highest BCUT2D eigenvalue weighted by Gasteiger charge is 2.11. The Morgan fingerprint density at radius 3 is 2.40 bits per heavy atom. The Kier molecular flexibility index (Phi) is 3.43. The van der Waals surface area contributed by atoms with Crippen molar-refractivity contribution >= 4 is 11.9 Å². The maximum Gasteiger partial charge on any atom is 0.113 e. The van der Waals surface area contributed by atoms with E-state index in [9.17, 15) is 19.8 Å². The number of hydrogen-bond acceptors (Lipinski definition) is 5. The molecular formula is C9H10N2O4-2. The van der Waals surface area contributed by atoms with Crippen LogP contribution < -0.4 is 10.2 Å². The molecule has 0 saturated heterocycles. The van der Waals surface area contributed by atoms with E-state index in [2.05, 4.69) is 9.97 Å². The third kappa shape index (κ3) is 2.55. The van der Waals surface area contributed by atoms with E-state index in [4.69, 9.17) is 0 Å². The number of nitrogens with one attached hydrogen (secondary N) is 1. The van der Waals surface area contributed by atoms with Crippen LogP contribution in [0.5, 0.6) is 0 Å². The topological polar surface area (TPSA) is 109 Å². The fourth-order valence-electron chi connectivity index (χ4n) is 1.18. The van der Waals surface area contributed by atoms with Gasteiger partial charge in [-0.1, -0.05) is 13.3 Å². The molecule has 6 nitrogen and oxygen atoms in total. The molecule has 0 aliphatic heterocycles. The number of carboxylic acid groups (broad SMARTS) is 2. The van der Waals surface area contributed by atoms with Crippen molar-refractivity contribution in [1.29, 1.82) is 0 Å². The second kappa shape index (κ2) is 4.59. The molecule has 0 aliphatic rings. The lowest BCUT2D eigenvalue weighted by molar-refractivity contribution is -0.260. The number of carbonyl (C=O) groups excluding carboxylic acids is 2. The van der Waals surface area contributed by atoms with Crippen molar-refractivity contribution in [2.24, 2.45) is 0 Å². The lowest BCUT2D eigenvalue weighted by Gasteiger charge is -2.02. The molecule has 0 aromatic carbocycles. The van der Waals surface area contributed by atoms with Crippen molar-refractivity contribution in [3.05, 3.63) is 17.2 Å². The van der Waals surface area contributed by atoms with Gasteiger partial charge in [0.05, 0.1) is 17.6 Å². The van der Waals surface area contributed by atoms with Gasteiger partial charge in [0.25, 0.3) is 0 Å². The Morgan fingerprint density at radius 1 is 1.33 bits per heavy atom. The fraction of sp³-hybridized carbons (Fsp3) is 0.444. The van der Waals surface area contributed by atoms with Crippen molar-refractivity contribution < 1.29 is 19.8 Å². The third-order valence-corrected chi connectivity index (χ3v) is 1.92. The fourth-order valence-corrected chi connectivity index (χ4v) is 1.18. The van der Waals surface area contributed by atoms with Crippen molar-refractivity contribution in [3.8, 4) is 0 Å². The largest absolute Gasteiger partial charge is 0.543 e. The van der Waals surface area contributed by atoms with Gasteiger partial charge in [-0.05, 0) is 6.42 Å². The van der Waals surface area contributed by atoms with E-state index < -0.39 is 23.3 Å². The number of hydrogen-bond donors (Lipinski definition) is 1. The van der Waals surface area contributed by atoms with Crippen LogP contribution in [0.1, 0.15) is 46.6 Å². The third-order valence-electron chi connectivity index (χ3n) is 1.92. The zero-order valence-electron chi connectivity index (χ0n) is 8.20. The first-order valence-corrected chi connectivity index (χ1v) is 4.57. The van der Waals surface area contributed by atoms with Crippen LogP contribution in [0.2, 0.25) is 0 Å². The van der Waals surface area contributed by atoms with Gasteiger partial charge in [-0.2, -0.15) is 0 Å². The highest BCUT2D eigenvalue weighted by molar-refractivity contribution is 5.97. The van der Waals surface area contributed by atoms with Gasteiger partial charge in [0.15, 0.2) is 0 Å². The maximum absolute atomic E-state index is 10.5. The molecule has 0 fully saturated rings. The number of carbonyl (C=O) groups is 2. The molecule has 0 aliphatic carbocycles. The molecule has 0 spiro atoms. The first kappa shape index (κ1) is 11.2. The van der Waals surface area contributed by atoms with Crippen LogP contribution in [0.25, 0.3) is 0 Å². The molecule has 1 aromatic rings. The monoisotopic (exact) mass is 210 g/mol. The predicted molar refractivity (Wildman–Crippen MR) is 45.9 cm³/mol. The lowest BCUT2D eigenvalue weighted by atomic mass is 10.2. The van der Waals surface area contributed by atoms with E-state index in [0.29, 0.717) is 12.2 Å². The number of nitrogens with zero attached hydrogens (tertiary/aromatic N) is 1. The molecular weight excluding hydrogens is 200 g/mol. The SMILES string of the molecule is CCCCc1nc(C(=O)[O-])c(C(=O)[O-])[nH]1. The van der Waals surface area contributed by atoms with Crippen molar-refractivity contribution in [2.75, 3.05) is 0 Å². The number of imidazole rings is 1. The summed E-state index contributed by atoms with van der Waals surface area (Å²) < 4.78 is 0. The molecule has 0 unspecified atom stereocenters. The van der Waals surface area contributed by atoms with E-state index in [0.717, 1.165) is 12.8 Å². The summed E-state index contributed by atoms with van der Waals surface area (Å²) in [7, 11) is 0. The zero-order chi connectivity index (χ0) is 11.4. The number of aromatic carboxylic acids is 2. The summed E-state index contributed by atoms with van der Waals surface area (Å²) in [6, 6.07) is 0. The lowest BCUT2D eigenvalue weighted by Crippen LogP contribution is -2.30. The summed E-state index contributed by atoms with van der Waals surface area (Å²) in [6.45, 7) is 1.96. The molecule has 82 valence electrons. The standard InChI is InChI=1S/C9H12N2O4/c1-2-3-4-5-10-6(8(12)13)7(11-5)9(14)15/h2-4H2,1H3,(H,10,11)(H,12,13)(H,14,15)/p-2. The predicted octanol–water partition coefficient (Wildman–Crippen LogP) is -1.52. The van der Waals surface area contributed by atoms with Crippen LogP contribution in [-0.2, 0) is 6.42 Å². The first-order valence-electron chi connectivity index (χ1n) is 4.57. The summed E-state index contributed by atoms with van der Waals surface area (Å²) in [4.78, 5) is 27.1. The Morgan fingerprint density at radius 2 is 2.00 bits per heavy atom. The van der Waals surface area contributed by atoms with E-state index in [1.165, 1.54) is 0 Å². The Labute approximate surface area is 86.0 Å². The summed E-state index contributed by atoms with van der Waals surface area (Å²) in [6.07, 6.45) is 2.21. The summed E-state index contributed by atoms with van der Waals surface area (Å²) in [5, 5.41) is 21.1. The molecule has 6 heteroatoms. The average molecular weight is 210 g/mol. The average Bonchev–Trinajstić information content (AvgIpc) is 2.58. The smallest absolute Gasteiger partial charge is 0.113 e. The normalized spacial score (nSPS) is 10.2. The molecule has 0 atom stereocenters. The van der Waals surface area contributed by atoms with Crippen LogP contribution >= 0.6 is 0 Å². The highest BCUT2D eigenvalue weighted by Crippen LogP contribution is 2.07. The Balaban J connectivity index is 2.98. The Bertz CT molecular complexity index is 352. The number of aryl methyl sites for hydroxylation is 1. The molecule has 1 heterocycles. The van der Waals surface area contributed by atoms with Crippen molar-refractivity contribution in [3.63, 3.8) is 0 Å². The summed E-state index contributed by atoms with van der Waals surface area (Å²) in [5.74, 6) is -2.88. The number of aromatic amines is 1. The zero-order valence-corrected chi connectivity index (χ0v) is 8.20. The van der Waals surface area contributed by atoms with Crippen LogP contribution in [0, 0.1) is 0 Å². The Hall–Kier alpha value is -1.85. The van der Waals surface area contributed by atoms with Gasteiger partial charge in [0, 0.05) is 6.42 Å². The minimum atomic E-state index is -1.62. The summed E-state index contributed by atoms with van der Waals surface area (Å²) in [5.41, 5.74) is -1.12. The quantitative estimate of drug-likeness (QED) is 0.634. The summed E-state index contributed by atoms with van der Waals surface area (Å²) >= 11 is 0. The molecule has 0 saturated carbocycles. The molecule has 1 aromatic heterocycles. The van der Waals surface area contributed by atoms with Gasteiger partial charge >= 0.3 is 0 Å². The molecule has 0 radical (unpaired) electrons. The van der Waals surface area contributed by atoms with Crippen LogP contribution in [0.3, 0.4) is 0 Å². The molecule has 0 amide bonds. The van der Waals surface area contributed by atoms with E-state index in [-0.39, 0.29) is 0 Å². The van der Waals surface area contributed by atoms with Crippen LogP contribution in [-0.4, -0.2) is 21.9 Å².